The lowest BCUT2D eigenvalue weighted by molar-refractivity contribution is -0.183. The van der Waals surface area contributed by atoms with E-state index in [1.165, 1.54) is 49.9 Å². The summed E-state index contributed by atoms with van der Waals surface area (Å²) in [6, 6.07) is 0. The Morgan fingerprint density at radius 2 is 0.913 bits per heavy atom. The van der Waals surface area contributed by atoms with Crippen molar-refractivity contribution in [1.29, 1.82) is 0 Å². The van der Waals surface area contributed by atoms with Gasteiger partial charge in [0.1, 0.15) is 0 Å². The summed E-state index contributed by atoms with van der Waals surface area (Å²) in [7, 11) is 0. The summed E-state index contributed by atoms with van der Waals surface area (Å²) in [4.78, 5) is 25.2. The normalized spacial score (nSPS) is 57.3. The van der Waals surface area contributed by atoms with Gasteiger partial charge in [-0.15, -0.1) is 0 Å². The first-order valence-corrected chi connectivity index (χ1v) is 19.1. The van der Waals surface area contributed by atoms with Crippen LogP contribution >= 0.6 is 0 Å². The van der Waals surface area contributed by atoms with Crippen molar-refractivity contribution in [2.75, 3.05) is 0 Å². The fourth-order valence-corrected chi connectivity index (χ4v) is 16.0. The zero-order valence-electron chi connectivity index (χ0n) is 29.6. The highest BCUT2D eigenvalue weighted by atomic mass is 16.4. The Balaban J connectivity index is 1.08. The van der Waals surface area contributed by atoms with Gasteiger partial charge < -0.3 is 10.2 Å². The first kappa shape index (κ1) is 31.5. The maximum Gasteiger partial charge on any atom is 0.309 e. The van der Waals surface area contributed by atoms with Gasteiger partial charge in [0.2, 0.25) is 0 Å². The summed E-state index contributed by atoms with van der Waals surface area (Å²) in [5, 5.41) is 31.3. The highest BCUT2D eigenvalue weighted by molar-refractivity contribution is 5.96. The fraction of sp³-hybridized carbons (Fsp3) is 0.900. The standard InChI is InChI=1S/C40H60N2O4/c1-33-17-9-27-35(3)13-7-15-37(5,31(43)44)25(35)11-19-39(27,23-33)21-29(33)41-42-30-22-40-20-12-26-36(4,14-8-16-38(26,6)32(45)46)28(40)10-18-34(30,2)24-40/h25-28H,7-24H2,1-6H3,(H,43,44)(H,45,46)/b41-29-,42-30-/t25-,26-,27?,28?,33-,34-,35+,36+,37+,38+,39-,40-/m0/s1. The summed E-state index contributed by atoms with van der Waals surface area (Å²) < 4.78 is 0. The zero-order valence-corrected chi connectivity index (χ0v) is 29.6. The van der Waals surface area contributed by atoms with Crippen LogP contribution in [0.25, 0.3) is 0 Å². The maximum absolute atomic E-state index is 12.6. The van der Waals surface area contributed by atoms with Crippen molar-refractivity contribution >= 4 is 23.4 Å². The first-order valence-electron chi connectivity index (χ1n) is 19.1. The Hall–Kier alpha value is -1.72. The van der Waals surface area contributed by atoms with E-state index in [9.17, 15) is 19.8 Å². The Bertz CT molecular complexity index is 1330. The smallest absolute Gasteiger partial charge is 0.309 e. The molecule has 8 fully saturated rings. The summed E-state index contributed by atoms with van der Waals surface area (Å²) in [6.07, 6.45) is 19.6. The van der Waals surface area contributed by atoms with E-state index in [0.717, 1.165) is 77.0 Å². The Labute approximate surface area is 277 Å². The van der Waals surface area contributed by atoms with Crippen LogP contribution in [0.15, 0.2) is 10.2 Å². The molecule has 2 unspecified atom stereocenters. The van der Waals surface area contributed by atoms with Crippen LogP contribution in [0, 0.1) is 67.0 Å². The average molecular weight is 633 g/mol. The SMILES string of the molecule is C[C@@]12CCC3[C@@](CC[C@@H]4[C@](C)(C(=O)O)CCC[C@@]34C)(C/C1=N/N=C1/C[C@]34CC[C@@H]5[C@](C)(C(=O)O)CCC[C@@]5(C)C3CC[C@@]1(C)C4)C2. The van der Waals surface area contributed by atoms with Crippen molar-refractivity contribution in [3.8, 4) is 0 Å². The molecule has 0 aliphatic heterocycles. The molecule has 0 aromatic carbocycles. The lowest BCUT2D eigenvalue weighted by atomic mass is 9.40. The molecule has 12 atom stereocenters. The fourth-order valence-electron chi connectivity index (χ4n) is 16.0. The van der Waals surface area contributed by atoms with Gasteiger partial charge >= 0.3 is 11.9 Å². The summed E-state index contributed by atoms with van der Waals surface area (Å²) in [5.41, 5.74) is 2.39. The van der Waals surface area contributed by atoms with Crippen LogP contribution in [-0.4, -0.2) is 33.6 Å². The van der Waals surface area contributed by atoms with Gasteiger partial charge in [-0.3, -0.25) is 9.59 Å². The van der Waals surface area contributed by atoms with E-state index >= 15 is 0 Å². The molecule has 4 bridgehead atoms. The van der Waals surface area contributed by atoms with Crippen molar-refractivity contribution in [2.45, 2.75) is 157 Å². The number of aliphatic carboxylic acids is 2. The van der Waals surface area contributed by atoms with Gasteiger partial charge in [-0.2, -0.15) is 10.2 Å². The molecule has 0 aromatic heterocycles. The number of carboxylic acid groups (broad SMARTS) is 2. The number of nitrogens with zero attached hydrogens (tertiary/aromatic N) is 2. The number of rotatable bonds is 3. The van der Waals surface area contributed by atoms with E-state index in [-0.39, 0.29) is 44.3 Å². The molecule has 254 valence electrons. The first-order chi connectivity index (χ1) is 21.5. The van der Waals surface area contributed by atoms with Gasteiger partial charge in [0, 0.05) is 22.3 Å². The van der Waals surface area contributed by atoms with Crippen LogP contribution in [0.4, 0.5) is 0 Å². The molecule has 6 heteroatoms. The molecule has 8 rings (SSSR count). The Kier molecular flexibility index (Phi) is 6.51. The van der Waals surface area contributed by atoms with Gasteiger partial charge in [0.25, 0.3) is 0 Å². The van der Waals surface area contributed by atoms with E-state index < -0.39 is 22.8 Å². The number of carbonyl (C=O) groups is 2. The molecule has 8 aliphatic rings. The van der Waals surface area contributed by atoms with Gasteiger partial charge in [-0.25, -0.2) is 0 Å². The molecule has 0 heterocycles. The maximum atomic E-state index is 12.6. The number of hydrogen-bond acceptors (Lipinski definition) is 4. The molecule has 8 saturated carbocycles. The van der Waals surface area contributed by atoms with Gasteiger partial charge in [0.15, 0.2) is 0 Å². The molecule has 2 N–H and O–H groups in total. The van der Waals surface area contributed by atoms with E-state index in [2.05, 4.69) is 27.7 Å². The third-order valence-electron chi connectivity index (χ3n) is 18.0. The highest BCUT2D eigenvalue weighted by Crippen LogP contribution is 2.75. The minimum absolute atomic E-state index is 0.0985. The molecule has 46 heavy (non-hydrogen) atoms. The van der Waals surface area contributed by atoms with E-state index in [1.807, 2.05) is 13.8 Å². The van der Waals surface area contributed by atoms with Gasteiger partial charge in [-0.1, -0.05) is 40.5 Å². The van der Waals surface area contributed by atoms with Crippen molar-refractivity contribution in [1.82, 2.24) is 0 Å². The van der Waals surface area contributed by atoms with Crippen LogP contribution in [0.3, 0.4) is 0 Å². The van der Waals surface area contributed by atoms with Crippen molar-refractivity contribution < 1.29 is 19.8 Å². The minimum atomic E-state index is -0.593. The average Bonchev–Trinajstić information content (AvgIpc) is 3.31. The molecule has 0 amide bonds. The van der Waals surface area contributed by atoms with Crippen LogP contribution in [0.5, 0.6) is 0 Å². The van der Waals surface area contributed by atoms with Gasteiger partial charge in [0.05, 0.1) is 10.8 Å². The number of hydrogen-bond donors (Lipinski definition) is 2. The summed E-state index contributed by atoms with van der Waals surface area (Å²) >= 11 is 0. The van der Waals surface area contributed by atoms with Crippen LogP contribution in [0.2, 0.25) is 0 Å². The predicted octanol–water partition coefficient (Wildman–Crippen LogP) is 9.56. The molecule has 0 saturated heterocycles. The number of fused-ring (bicyclic) bond motifs is 6. The monoisotopic (exact) mass is 632 g/mol. The second kappa shape index (κ2) is 9.49. The molecule has 0 aromatic rings. The summed E-state index contributed by atoms with van der Waals surface area (Å²) in [6.45, 7) is 14.0. The van der Waals surface area contributed by atoms with E-state index in [1.54, 1.807) is 0 Å². The summed E-state index contributed by atoms with van der Waals surface area (Å²) in [5.74, 6) is 0.541. The lowest BCUT2D eigenvalue weighted by Crippen LogP contribution is -2.58. The van der Waals surface area contributed by atoms with Gasteiger partial charge in [-0.05, 0) is 162 Å². The molecular weight excluding hydrogens is 572 g/mol. The van der Waals surface area contributed by atoms with Crippen LogP contribution in [0.1, 0.15) is 157 Å². The topological polar surface area (TPSA) is 99.3 Å². The van der Waals surface area contributed by atoms with Crippen molar-refractivity contribution in [2.24, 2.45) is 77.2 Å². The van der Waals surface area contributed by atoms with Crippen molar-refractivity contribution in [3.05, 3.63) is 0 Å². The Morgan fingerprint density at radius 1 is 0.543 bits per heavy atom. The molecule has 0 radical (unpaired) electrons. The van der Waals surface area contributed by atoms with Crippen molar-refractivity contribution in [3.63, 3.8) is 0 Å². The lowest BCUT2D eigenvalue weighted by Gasteiger charge is -2.63. The minimum Gasteiger partial charge on any atom is -0.481 e. The molecule has 8 aliphatic carbocycles. The van der Waals surface area contributed by atoms with E-state index in [0.29, 0.717) is 11.8 Å². The van der Waals surface area contributed by atoms with E-state index in [4.69, 9.17) is 10.2 Å². The third kappa shape index (κ3) is 3.82. The number of carboxylic acids is 2. The van der Waals surface area contributed by atoms with Crippen LogP contribution in [-0.2, 0) is 9.59 Å². The molecule has 2 spiro atoms. The highest BCUT2D eigenvalue weighted by Gasteiger charge is 2.69. The Morgan fingerprint density at radius 3 is 1.28 bits per heavy atom. The molecular formula is C40H60N2O4. The second-order valence-electron chi connectivity index (χ2n) is 20.2. The predicted molar refractivity (Wildman–Crippen MR) is 181 cm³/mol. The van der Waals surface area contributed by atoms with Crippen LogP contribution < -0.4 is 0 Å². The quantitative estimate of drug-likeness (QED) is 0.303. The third-order valence-corrected chi connectivity index (χ3v) is 18.0. The zero-order chi connectivity index (χ0) is 32.8. The molecule has 6 nitrogen and oxygen atoms in total. The second-order valence-corrected chi connectivity index (χ2v) is 20.2. The largest absolute Gasteiger partial charge is 0.481 e.